The van der Waals surface area contributed by atoms with Gasteiger partial charge in [0.1, 0.15) is 6.10 Å². The summed E-state index contributed by atoms with van der Waals surface area (Å²) < 4.78 is 19.9. The van der Waals surface area contributed by atoms with Crippen molar-refractivity contribution in [3.05, 3.63) is 11.6 Å². The lowest BCUT2D eigenvalue weighted by molar-refractivity contribution is -0.148. The third-order valence-corrected chi connectivity index (χ3v) is 17.7. The van der Waals surface area contributed by atoms with Gasteiger partial charge in [-0.05, 0) is 109 Å². The molecule has 0 radical (unpaired) electrons. The number of rotatable bonds is 6. The highest BCUT2D eigenvalue weighted by Crippen LogP contribution is 2.67. The van der Waals surface area contributed by atoms with Crippen LogP contribution in [0.4, 0.5) is 0 Å². The highest BCUT2D eigenvalue weighted by molar-refractivity contribution is 6.70. The predicted molar refractivity (Wildman–Crippen MR) is 165 cm³/mol. The molecule has 0 bridgehead atoms. The molecule has 0 aromatic heterocycles. The third-order valence-electron chi connectivity index (χ3n) is 13.2. The number of carbonyl (C=O) groups excluding carboxylic acids is 1. The second kappa shape index (κ2) is 11.1. The molecule has 5 heteroatoms. The molecule has 1 heterocycles. The maximum atomic E-state index is 11.6. The van der Waals surface area contributed by atoms with Crippen molar-refractivity contribution in [2.75, 3.05) is 0 Å². The van der Waals surface area contributed by atoms with E-state index >= 15 is 0 Å². The summed E-state index contributed by atoms with van der Waals surface area (Å²) in [4.78, 5) is 11.6. The molecule has 1 aliphatic heterocycles. The van der Waals surface area contributed by atoms with E-state index in [0.29, 0.717) is 46.0 Å². The number of esters is 1. The first-order chi connectivity index (χ1) is 18.7. The summed E-state index contributed by atoms with van der Waals surface area (Å²) >= 11 is 0. The SMILES string of the molecule is CC(=O)OC1CC[C@@]2(C)C(=CC[C@H]3[C@@H]4CC[C@H]([C@H](C)[C@@H]5C[C@@H](C(C)C)O[Si](C(C)C)(C(C)C)O5)[C@@]4(C)CC[C@@H]32)C1. The second-order valence-electron chi connectivity index (χ2n) is 16.1. The Hall–Kier alpha value is -0.653. The zero-order valence-corrected chi connectivity index (χ0v) is 28.4. The van der Waals surface area contributed by atoms with Crippen molar-refractivity contribution < 1.29 is 18.4 Å². The van der Waals surface area contributed by atoms with Crippen LogP contribution in [0.15, 0.2) is 11.6 Å². The second-order valence-corrected chi connectivity index (χ2v) is 20.4. The lowest BCUT2D eigenvalue weighted by Gasteiger charge is -2.59. The zero-order chi connectivity index (χ0) is 29.2. The van der Waals surface area contributed by atoms with Gasteiger partial charge in [0, 0.05) is 13.3 Å². The van der Waals surface area contributed by atoms with Crippen LogP contribution in [-0.4, -0.2) is 32.8 Å². The molecular weight excluding hydrogens is 512 g/mol. The summed E-state index contributed by atoms with van der Waals surface area (Å²) in [6.45, 7) is 23.4. The molecule has 0 amide bonds. The van der Waals surface area contributed by atoms with Crippen LogP contribution < -0.4 is 0 Å². The van der Waals surface area contributed by atoms with Crippen LogP contribution in [0.3, 0.4) is 0 Å². The van der Waals surface area contributed by atoms with Gasteiger partial charge in [-0.3, -0.25) is 4.79 Å². The van der Waals surface area contributed by atoms with Gasteiger partial charge in [-0.25, -0.2) is 0 Å². The van der Waals surface area contributed by atoms with Crippen LogP contribution in [-0.2, 0) is 18.4 Å². The van der Waals surface area contributed by atoms with E-state index in [1.54, 1.807) is 12.5 Å². The molecule has 4 fully saturated rings. The maximum Gasteiger partial charge on any atom is 0.343 e. The lowest BCUT2D eigenvalue weighted by atomic mass is 9.47. The first-order valence-electron chi connectivity index (χ1n) is 16.9. The Labute approximate surface area is 247 Å². The summed E-state index contributed by atoms with van der Waals surface area (Å²) in [6, 6.07) is 0. The first-order valence-corrected chi connectivity index (χ1v) is 18.9. The van der Waals surface area contributed by atoms with E-state index in [2.05, 4.69) is 68.4 Å². The molecule has 5 aliphatic rings. The minimum atomic E-state index is -2.32. The fraction of sp³-hybridized carbons (Fsp3) is 0.914. The van der Waals surface area contributed by atoms with Gasteiger partial charge in [-0.2, -0.15) is 0 Å². The van der Waals surface area contributed by atoms with Crippen LogP contribution in [0.1, 0.15) is 127 Å². The van der Waals surface area contributed by atoms with Crippen molar-refractivity contribution in [3.63, 3.8) is 0 Å². The van der Waals surface area contributed by atoms with Crippen LogP contribution in [0.25, 0.3) is 0 Å². The van der Waals surface area contributed by atoms with E-state index in [0.717, 1.165) is 42.9 Å². The molecule has 0 aromatic carbocycles. The number of allylic oxidation sites excluding steroid dienone is 1. The molecule has 1 unspecified atom stereocenters. The normalized spacial score (nSPS) is 43.6. The van der Waals surface area contributed by atoms with Crippen molar-refractivity contribution in [3.8, 4) is 0 Å². The van der Waals surface area contributed by atoms with Crippen molar-refractivity contribution in [2.24, 2.45) is 46.3 Å². The fourth-order valence-electron chi connectivity index (χ4n) is 10.9. The molecule has 3 saturated carbocycles. The van der Waals surface area contributed by atoms with Gasteiger partial charge in [0.2, 0.25) is 0 Å². The van der Waals surface area contributed by atoms with Crippen LogP contribution in [0.5, 0.6) is 0 Å². The van der Waals surface area contributed by atoms with Crippen molar-refractivity contribution in [2.45, 2.75) is 156 Å². The molecule has 10 atom stereocenters. The van der Waals surface area contributed by atoms with E-state index in [9.17, 15) is 4.79 Å². The molecule has 0 N–H and O–H groups in total. The number of fused-ring (bicyclic) bond motifs is 5. The Morgan fingerprint density at radius 1 is 0.925 bits per heavy atom. The van der Waals surface area contributed by atoms with E-state index in [1.165, 1.54) is 38.5 Å². The molecule has 0 spiro atoms. The minimum absolute atomic E-state index is 0.0837. The summed E-state index contributed by atoms with van der Waals surface area (Å²) in [5.74, 6) is 4.11. The van der Waals surface area contributed by atoms with Gasteiger partial charge < -0.3 is 13.6 Å². The van der Waals surface area contributed by atoms with E-state index in [-0.39, 0.29) is 12.1 Å². The average molecular weight is 573 g/mol. The van der Waals surface area contributed by atoms with Gasteiger partial charge in [0.15, 0.2) is 0 Å². The third kappa shape index (κ3) is 5.00. The summed E-state index contributed by atoms with van der Waals surface area (Å²) in [5, 5.41) is 0. The van der Waals surface area contributed by atoms with Crippen LogP contribution in [0.2, 0.25) is 11.1 Å². The van der Waals surface area contributed by atoms with Crippen molar-refractivity contribution >= 4 is 14.5 Å². The van der Waals surface area contributed by atoms with Gasteiger partial charge in [-0.1, -0.05) is 74.0 Å². The highest BCUT2D eigenvalue weighted by Gasteiger charge is 2.61. The van der Waals surface area contributed by atoms with Crippen LogP contribution in [0, 0.1) is 46.3 Å². The monoisotopic (exact) mass is 572 g/mol. The fourth-order valence-corrected chi connectivity index (χ4v) is 15.0. The van der Waals surface area contributed by atoms with E-state index in [4.69, 9.17) is 13.6 Å². The number of carbonyl (C=O) groups is 1. The summed E-state index contributed by atoms with van der Waals surface area (Å²) in [7, 11) is -2.32. The Bertz CT molecular complexity index is 964. The summed E-state index contributed by atoms with van der Waals surface area (Å²) in [5.41, 5.74) is 3.22. The standard InChI is InChI=1S/C35H60O4Si/c1-21(2)32-20-33(39-40(38-32,22(3)4)23(5)6)24(7)29-13-14-30-28-12-11-26-19-27(37-25(8)36)15-17-34(26,9)31(28)16-18-35(29,30)10/h11,21-24,27-33H,12-20H2,1-10H3/t24-,27?,28-,29+,30-,31-,32-,33-,34-,35+/m0/s1. The van der Waals surface area contributed by atoms with Gasteiger partial charge in [0.25, 0.3) is 0 Å². The molecule has 228 valence electrons. The predicted octanol–water partition coefficient (Wildman–Crippen LogP) is 9.23. The molecular formula is C35H60O4Si. The molecule has 1 saturated heterocycles. The number of hydrogen-bond donors (Lipinski definition) is 0. The maximum absolute atomic E-state index is 11.6. The first kappa shape index (κ1) is 30.8. The molecule has 0 aromatic rings. The lowest BCUT2D eigenvalue weighted by Crippen LogP contribution is -2.60. The Morgan fingerprint density at radius 3 is 2.23 bits per heavy atom. The quantitative estimate of drug-likeness (QED) is 0.181. The Balaban J connectivity index is 1.36. The highest BCUT2D eigenvalue weighted by atomic mass is 28.4. The topological polar surface area (TPSA) is 44.8 Å². The average Bonchev–Trinajstić information content (AvgIpc) is 3.24. The van der Waals surface area contributed by atoms with Gasteiger partial charge in [-0.15, -0.1) is 0 Å². The molecule has 4 nitrogen and oxygen atoms in total. The minimum Gasteiger partial charge on any atom is -0.462 e. The summed E-state index contributed by atoms with van der Waals surface area (Å²) in [6.07, 6.45) is 14.2. The molecule has 5 rings (SSSR count). The van der Waals surface area contributed by atoms with Crippen molar-refractivity contribution in [1.82, 2.24) is 0 Å². The van der Waals surface area contributed by atoms with Gasteiger partial charge in [0.05, 0.1) is 12.2 Å². The number of ether oxygens (including phenoxy) is 1. The smallest absolute Gasteiger partial charge is 0.343 e. The largest absolute Gasteiger partial charge is 0.462 e. The van der Waals surface area contributed by atoms with E-state index < -0.39 is 8.56 Å². The Morgan fingerprint density at radius 2 is 1.60 bits per heavy atom. The van der Waals surface area contributed by atoms with Crippen LogP contribution >= 0.6 is 0 Å². The molecule has 40 heavy (non-hydrogen) atoms. The van der Waals surface area contributed by atoms with Gasteiger partial charge >= 0.3 is 14.5 Å². The van der Waals surface area contributed by atoms with E-state index in [1.807, 2.05) is 0 Å². The van der Waals surface area contributed by atoms with Crippen molar-refractivity contribution in [1.29, 1.82) is 0 Å². The Kier molecular flexibility index (Phi) is 8.56. The zero-order valence-electron chi connectivity index (χ0n) is 27.4. The molecule has 4 aliphatic carbocycles. The number of hydrogen-bond acceptors (Lipinski definition) is 4.